The molecule has 5 heteroatoms. The van der Waals surface area contributed by atoms with Crippen molar-refractivity contribution in [2.45, 2.75) is 96.8 Å². The van der Waals surface area contributed by atoms with Crippen LogP contribution in [0.2, 0.25) is 0 Å². The lowest BCUT2D eigenvalue weighted by Gasteiger charge is -2.01. The van der Waals surface area contributed by atoms with E-state index in [1.807, 2.05) is 4.90 Å². The summed E-state index contributed by atoms with van der Waals surface area (Å²) < 4.78 is 0. The Hall–Kier alpha value is -0.580. The van der Waals surface area contributed by atoms with Gasteiger partial charge in [0.05, 0.1) is 0 Å². The molecule has 1 aliphatic heterocycles. The molecule has 0 aliphatic carbocycles. The van der Waals surface area contributed by atoms with E-state index in [1.165, 1.54) is 77.0 Å². The molecule has 27 heavy (non-hydrogen) atoms. The number of carbonyl (C=O) groups is 1. The first-order valence-corrected chi connectivity index (χ1v) is 11.1. The first-order chi connectivity index (χ1) is 12.8. The molecule has 0 aromatic heterocycles. The summed E-state index contributed by atoms with van der Waals surface area (Å²) in [4.78, 5) is 13.4. The first-order valence-electron chi connectivity index (χ1n) is 11.1. The number of hydrogen-bond acceptors (Lipinski definition) is 3. The van der Waals surface area contributed by atoms with Crippen molar-refractivity contribution in [1.29, 1.82) is 0 Å². The van der Waals surface area contributed by atoms with Crippen LogP contribution < -0.4 is 11.5 Å². The zero-order valence-corrected chi connectivity index (χ0v) is 18.6. The van der Waals surface area contributed by atoms with E-state index in [0.717, 1.165) is 25.9 Å². The van der Waals surface area contributed by atoms with Gasteiger partial charge in [-0.05, 0) is 32.1 Å². The van der Waals surface area contributed by atoms with Gasteiger partial charge in [0.1, 0.15) is 0 Å². The summed E-state index contributed by atoms with van der Waals surface area (Å²) >= 11 is 0. The topological polar surface area (TPSA) is 72.1 Å². The summed E-state index contributed by atoms with van der Waals surface area (Å²) in [5, 5.41) is 0. The van der Waals surface area contributed by atoms with Crippen LogP contribution >= 0.6 is 12.4 Å². The van der Waals surface area contributed by atoms with E-state index >= 15 is 0 Å². The maximum Gasteiger partial charge on any atom is 0.222 e. The molecule has 1 amide bonds. The lowest BCUT2D eigenvalue weighted by atomic mass is 10.1. The number of halogens is 1. The molecule has 0 atom stereocenters. The number of hydrogen-bond donors (Lipinski definition) is 2. The van der Waals surface area contributed by atoms with E-state index in [0.29, 0.717) is 19.0 Å². The SMILES string of the molecule is CCCCCCCC/C=C\CCCCCCCC(=O)N1CC1.Cl.NCCN. The Morgan fingerprint density at radius 2 is 1.22 bits per heavy atom. The molecule has 1 saturated heterocycles. The highest BCUT2D eigenvalue weighted by Gasteiger charge is 2.22. The minimum atomic E-state index is 0. The Morgan fingerprint density at radius 1 is 0.778 bits per heavy atom. The van der Waals surface area contributed by atoms with Crippen molar-refractivity contribution >= 4 is 18.3 Å². The molecule has 0 spiro atoms. The van der Waals surface area contributed by atoms with E-state index in [4.69, 9.17) is 11.5 Å². The molecule has 0 unspecified atom stereocenters. The highest BCUT2D eigenvalue weighted by Crippen LogP contribution is 2.12. The molecule has 1 fully saturated rings. The van der Waals surface area contributed by atoms with Crippen LogP contribution in [-0.2, 0) is 4.79 Å². The average Bonchev–Trinajstić information content (AvgIpc) is 3.50. The van der Waals surface area contributed by atoms with Crippen LogP contribution in [0.25, 0.3) is 0 Å². The van der Waals surface area contributed by atoms with Gasteiger partial charge in [-0.1, -0.05) is 70.4 Å². The zero-order valence-electron chi connectivity index (χ0n) is 17.8. The Morgan fingerprint density at radius 3 is 1.67 bits per heavy atom. The van der Waals surface area contributed by atoms with Gasteiger partial charge >= 0.3 is 0 Å². The van der Waals surface area contributed by atoms with E-state index in [2.05, 4.69) is 19.1 Å². The summed E-state index contributed by atoms with van der Waals surface area (Å²) in [6, 6.07) is 0. The van der Waals surface area contributed by atoms with E-state index < -0.39 is 0 Å². The molecule has 0 bridgehead atoms. The van der Waals surface area contributed by atoms with Crippen LogP contribution in [0.15, 0.2) is 12.2 Å². The van der Waals surface area contributed by atoms with Gasteiger partial charge in [-0.15, -0.1) is 12.4 Å². The van der Waals surface area contributed by atoms with Crippen molar-refractivity contribution in [1.82, 2.24) is 4.90 Å². The van der Waals surface area contributed by atoms with Crippen molar-refractivity contribution in [3.05, 3.63) is 12.2 Å². The molecule has 4 nitrogen and oxygen atoms in total. The van der Waals surface area contributed by atoms with Crippen LogP contribution in [0.4, 0.5) is 0 Å². The number of nitrogens with two attached hydrogens (primary N) is 2. The predicted molar refractivity (Wildman–Crippen MR) is 121 cm³/mol. The van der Waals surface area contributed by atoms with Gasteiger partial charge in [-0.3, -0.25) is 4.79 Å². The average molecular weight is 404 g/mol. The van der Waals surface area contributed by atoms with Crippen molar-refractivity contribution in [2.75, 3.05) is 26.2 Å². The number of nitrogens with zero attached hydrogens (tertiary/aromatic N) is 1. The molecule has 0 saturated carbocycles. The molecule has 162 valence electrons. The summed E-state index contributed by atoms with van der Waals surface area (Å²) in [6.45, 7) is 5.47. The lowest BCUT2D eigenvalue weighted by molar-refractivity contribution is -0.125. The molecule has 1 rings (SSSR count). The minimum Gasteiger partial charge on any atom is -0.339 e. The molecule has 1 heterocycles. The number of unbranched alkanes of at least 4 members (excludes halogenated alkanes) is 11. The number of allylic oxidation sites excluding steroid dienone is 2. The Balaban J connectivity index is 0. The third-order valence-electron chi connectivity index (χ3n) is 4.62. The molecule has 0 aromatic rings. The van der Waals surface area contributed by atoms with Crippen LogP contribution in [0.1, 0.15) is 96.8 Å². The fourth-order valence-corrected chi connectivity index (χ4v) is 2.80. The number of amides is 1. The largest absolute Gasteiger partial charge is 0.339 e. The zero-order chi connectivity index (χ0) is 19.3. The van der Waals surface area contributed by atoms with Crippen molar-refractivity contribution in [2.24, 2.45) is 11.5 Å². The first kappa shape index (κ1) is 28.6. The van der Waals surface area contributed by atoms with Crippen molar-refractivity contribution < 1.29 is 4.79 Å². The third kappa shape index (κ3) is 23.4. The predicted octanol–water partition coefficient (Wildman–Crippen LogP) is 5.19. The van der Waals surface area contributed by atoms with E-state index in [9.17, 15) is 4.79 Å². The van der Waals surface area contributed by atoms with E-state index in [-0.39, 0.29) is 12.4 Å². The second kappa shape index (κ2) is 23.5. The van der Waals surface area contributed by atoms with Crippen LogP contribution in [0.5, 0.6) is 0 Å². The van der Waals surface area contributed by atoms with Crippen molar-refractivity contribution in [3.8, 4) is 0 Å². The summed E-state index contributed by atoms with van der Waals surface area (Å²) in [5.41, 5.74) is 9.81. The fraction of sp³-hybridized carbons (Fsp3) is 0.864. The number of rotatable bonds is 16. The van der Waals surface area contributed by atoms with Gasteiger partial charge in [0, 0.05) is 32.6 Å². The summed E-state index contributed by atoms with van der Waals surface area (Å²) in [6.07, 6.45) is 22.6. The minimum absolute atomic E-state index is 0. The number of carbonyl (C=O) groups excluding carboxylic acids is 1. The molecule has 1 aliphatic rings. The third-order valence-corrected chi connectivity index (χ3v) is 4.62. The quantitative estimate of drug-likeness (QED) is 0.211. The van der Waals surface area contributed by atoms with Crippen LogP contribution in [0.3, 0.4) is 0 Å². The second-order valence-corrected chi connectivity index (χ2v) is 7.29. The monoisotopic (exact) mass is 403 g/mol. The highest BCUT2D eigenvalue weighted by molar-refractivity contribution is 5.85. The second-order valence-electron chi connectivity index (χ2n) is 7.29. The highest BCUT2D eigenvalue weighted by atomic mass is 35.5. The maximum absolute atomic E-state index is 11.5. The van der Waals surface area contributed by atoms with Gasteiger partial charge in [0.15, 0.2) is 0 Å². The summed E-state index contributed by atoms with van der Waals surface area (Å²) in [7, 11) is 0. The normalized spacial score (nSPS) is 12.5. The fourth-order valence-electron chi connectivity index (χ4n) is 2.80. The van der Waals surface area contributed by atoms with Crippen LogP contribution in [0, 0.1) is 0 Å². The van der Waals surface area contributed by atoms with Gasteiger partial charge in [0.2, 0.25) is 5.91 Å². The molecule has 4 N–H and O–H groups in total. The van der Waals surface area contributed by atoms with Crippen LogP contribution in [-0.4, -0.2) is 37.0 Å². The Labute approximate surface area is 174 Å². The molecular weight excluding hydrogens is 358 g/mol. The van der Waals surface area contributed by atoms with Crippen molar-refractivity contribution in [3.63, 3.8) is 0 Å². The van der Waals surface area contributed by atoms with Gasteiger partial charge < -0.3 is 16.4 Å². The Kier molecular flexibility index (Phi) is 24.9. The lowest BCUT2D eigenvalue weighted by Crippen LogP contribution is -2.11. The van der Waals surface area contributed by atoms with Gasteiger partial charge in [0.25, 0.3) is 0 Å². The molecule has 0 radical (unpaired) electrons. The summed E-state index contributed by atoms with van der Waals surface area (Å²) in [5.74, 6) is 0.373. The molecule has 0 aromatic carbocycles. The van der Waals surface area contributed by atoms with Gasteiger partial charge in [-0.2, -0.15) is 0 Å². The van der Waals surface area contributed by atoms with E-state index in [1.54, 1.807) is 0 Å². The maximum atomic E-state index is 11.5. The smallest absolute Gasteiger partial charge is 0.222 e. The van der Waals surface area contributed by atoms with Gasteiger partial charge in [-0.25, -0.2) is 0 Å². The standard InChI is InChI=1S/C20H37NO.C2H8N2.ClH/c1-2-3-4-5-6-7-8-9-10-11-12-13-14-15-16-17-20(22)21-18-19-21;3-1-2-4;/h9-10H,2-8,11-19H2,1H3;1-4H2;1H/b10-9-;;. The molecular formula is C22H46ClN3O. The Bertz CT molecular complexity index is 332.